The zero-order chi connectivity index (χ0) is 17.9. The lowest BCUT2D eigenvalue weighted by molar-refractivity contribution is 0.0753. The Balaban J connectivity index is 2.15. The quantitative estimate of drug-likeness (QED) is 0.848. The fourth-order valence-electron chi connectivity index (χ4n) is 2.21. The first-order valence-corrected chi connectivity index (χ1v) is 9.82. The summed E-state index contributed by atoms with van der Waals surface area (Å²) in [6, 6.07) is 9.29. The summed E-state index contributed by atoms with van der Waals surface area (Å²) >= 11 is 0.958. The summed E-state index contributed by atoms with van der Waals surface area (Å²) in [5.41, 5.74) is 2.44. The molecule has 8 heteroatoms. The molecule has 0 saturated heterocycles. The second-order valence-electron chi connectivity index (χ2n) is 5.58. The fourth-order valence-corrected chi connectivity index (χ4v) is 3.79. The fraction of sp³-hybridized carbons (Fsp3) is 0.312. The summed E-state index contributed by atoms with van der Waals surface area (Å²) in [6.45, 7) is 2.87. The van der Waals surface area contributed by atoms with E-state index >= 15 is 0 Å². The van der Waals surface area contributed by atoms with Gasteiger partial charge < -0.3 is 9.80 Å². The molecule has 1 amide bonds. The largest absolute Gasteiger partial charge is 0.378 e. The molecule has 1 aromatic heterocycles. The Morgan fingerprint density at radius 1 is 1.21 bits per heavy atom. The van der Waals surface area contributed by atoms with Crippen molar-refractivity contribution in [3.63, 3.8) is 0 Å². The molecule has 1 heterocycles. The molecule has 0 saturated carbocycles. The molecule has 0 aliphatic rings. The van der Waals surface area contributed by atoms with Crippen LogP contribution in [-0.2, 0) is 16.6 Å². The van der Waals surface area contributed by atoms with E-state index in [2.05, 4.69) is 0 Å². The van der Waals surface area contributed by atoms with Crippen LogP contribution in [0.1, 0.15) is 22.8 Å². The number of nitrogens with two attached hydrogens (primary N) is 1. The average Bonchev–Trinajstić information content (AvgIpc) is 3.02. The Morgan fingerprint density at radius 2 is 1.83 bits per heavy atom. The molecule has 1 aromatic carbocycles. The molecule has 130 valence electrons. The number of rotatable bonds is 6. The number of primary sulfonamides is 1. The predicted octanol–water partition coefficient (Wildman–Crippen LogP) is 2.12. The molecule has 0 aliphatic heterocycles. The molecule has 2 aromatic rings. The van der Waals surface area contributed by atoms with E-state index in [1.165, 1.54) is 11.4 Å². The number of carbonyl (C=O) groups excluding carboxylic acids is 1. The van der Waals surface area contributed by atoms with E-state index in [0.29, 0.717) is 18.7 Å². The van der Waals surface area contributed by atoms with Crippen LogP contribution < -0.4 is 10.0 Å². The van der Waals surface area contributed by atoms with Crippen molar-refractivity contribution in [3.05, 3.63) is 46.8 Å². The lowest BCUT2D eigenvalue weighted by atomic mass is 10.1. The van der Waals surface area contributed by atoms with Gasteiger partial charge in [-0.1, -0.05) is 12.1 Å². The summed E-state index contributed by atoms with van der Waals surface area (Å²) in [4.78, 5) is 16.3. The van der Waals surface area contributed by atoms with Gasteiger partial charge in [0, 0.05) is 38.3 Å². The maximum Gasteiger partial charge on any atom is 0.255 e. The molecular formula is C16H21N3O3S2. The highest BCUT2D eigenvalue weighted by atomic mass is 32.2. The van der Waals surface area contributed by atoms with E-state index in [9.17, 15) is 13.2 Å². The highest BCUT2D eigenvalue weighted by Gasteiger charge is 2.19. The van der Waals surface area contributed by atoms with Crippen molar-refractivity contribution in [2.24, 2.45) is 5.14 Å². The monoisotopic (exact) mass is 367 g/mol. The van der Waals surface area contributed by atoms with Crippen LogP contribution in [-0.4, -0.2) is 39.9 Å². The lowest BCUT2D eigenvalue weighted by Crippen LogP contribution is -2.30. The molecule has 0 spiro atoms. The van der Waals surface area contributed by atoms with Gasteiger partial charge in [-0.15, -0.1) is 11.3 Å². The summed E-state index contributed by atoms with van der Waals surface area (Å²) < 4.78 is 22.7. The maximum absolute atomic E-state index is 12.6. The SMILES string of the molecule is CCN(Cc1ccc(N(C)C)cc1)C(=O)c1csc(S(N)(=O)=O)c1. The van der Waals surface area contributed by atoms with Gasteiger partial charge in [0.2, 0.25) is 10.0 Å². The van der Waals surface area contributed by atoms with Crippen LogP contribution in [0, 0.1) is 0 Å². The summed E-state index contributed by atoms with van der Waals surface area (Å²) in [5.74, 6) is -0.208. The topological polar surface area (TPSA) is 83.7 Å². The minimum atomic E-state index is -3.78. The second kappa shape index (κ2) is 7.33. The third kappa shape index (κ3) is 4.34. The number of hydrogen-bond acceptors (Lipinski definition) is 5. The molecule has 0 fully saturated rings. The summed E-state index contributed by atoms with van der Waals surface area (Å²) in [5, 5.41) is 6.62. The van der Waals surface area contributed by atoms with Crippen molar-refractivity contribution < 1.29 is 13.2 Å². The van der Waals surface area contributed by atoms with Crippen LogP contribution >= 0.6 is 11.3 Å². The first kappa shape index (κ1) is 18.4. The Kier molecular flexibility index (Phi) is 5.63. The highest BCUT2D eigenvalue weighted by Crippen LogP contribution is 2.21. The van der Waals surface area contributed by atoms with Gasteiger partial charge in [-0.2, -0.15) is 0 Å². The van der Waals surface area contributed by atoms with Crippen LogP contribution in [0.4, 0.5) is 5.69 Å². The first-order chi connectivity index (χ1) is 11.2. The molecule has 0 unspecified atom stereocenters. The third-order valence-corrected chi connectivity index (χ3v) is 5.98. The maximum atomic E-state index is 12.6. The zero-order valence-electron chi connectivity index (χ0n) is 13.9. The minimum absolute atomic E-state index is 0.00256. The van der Waals surface area contributed by atoms with Gasteiger partial charge in [-0.05, 0) is 30.7 Å². The summed E-state index contributed by atoms with van der Waals surface area (Å²) in [7, 11) is 0.161. The minimum Gasteiger partial charge on any atom is -0.378 e. The van der Waals surface area contributed by atoms with Gasteiger partial charge in [0.15, 0.2) is 0 Å². The molecule has 0 bridgehead atoms. The van der Waals surface area contributed by atoms with Gasteiger partial charge in [-0.3, -0.25) is 4.79 Å². The number of anilines is 1. The van der Waals surface area contributed by atoms with Crippen LogP contribution in [0.15, 0.2) is 39.9 Å². The Hall–Kier alpha value is -1.90. The number of thiophene rings is 1. The molecule has 0 atom stereocenters. The summed E-state index contributed by atoms with van der Waals surface area (Å²) in [6.07, 6.45) is 0. The number of benzene rings is 1. The van der Waals surface area contributed by atoms with Gasteiger partial charge in [0.25, 0.3) is 5.91 Å². The number of nitrogens with zero attached hydrogens (tertiary/aromatic N) is 2. The highest BCUT2D eigenvalue weighted by molar-refractivity contribution is 7.91. The van der Waals surface area contributed by atoms with Crippen molar-refractivity contribution >= 4 is 33.0 Å². The third-order valence-electron chi connectivity index (χ3n) is 3.60. The van der Waals surface area contributed by atoms with Crippen LogP contribution in [0.25, 0.3) is 0 Å². The molecular weight excluding hydrogens is 346 g/mol. The van der Waals surface area contributed by atoms with E-state index in [1.807, 2.05) is 50.2 Å². The standard InChI is InChI=1S/C16H21N3O3S2/c1-4-19(10-12-5-7-14(8-6-12)18(2)3)16(20)13-9-15(23-11-13)24(17,21)22/h5-9,11H,4,10H2,1-3H3,(H2,17,21,22). The van der Waals surface area contributed by atoms with Crippen LogP contribution in [0.5, 0.6) is 0 Å². The van der Waals surface area contributed by atoms with Crippen LogP contribution in [0.2, 0.25) is 0 Å². The van der Waals surface area contributed by atoms with Crippen molar-refractivity contribution in [1.29, 1.82) is 0 Å². The van der Waals surface area contributed by atoms with Crippen molar-refractivity contribution in [1.82, 2.24) is 4.90 Å². The van der Waals surface area contributed by atoms with Gasteiger partial charge >= 0.3 is 0 Å². The zero-order valence-corrected chi connectivity index (χ0v) is 15.5. The van der Waals surface area contributed by atoms with Gasteiger partial charge in [0.05, 0.1) is 5.56 Å². The molecule has 0 radical (unpaired) electrons. The van der Waals surface area contributed by atoms with Gasteiger partial charge in [0.1, 0.15) is 4.21 Å². The number of amides is 1. The van der Waals surface area contributed by atoms with E-state index in [0.717, 1.165) is 22.6 Å². The molecule has 2 N–H and O–H groups in total. The second-order valence-corrected chi connectivity index (χ2v) is 8.28. The number of sulfonamides is 1. The Labute approximate surface area is 146 Å². The van der Waals surface area contributed by atoms with Crippen molar-refractivity contribution in [2.45, 2.75) is 17.7 Å². The Bertz CT molecular complexity index is 811. The molecule has 2 rings (SSSR count). The van der Waals surface area contributed by atoms with Crippen molar-refractivity contribution in [2.75, 3.05) is 25.5 Å². The van der Waals surface area contributed by atoms with E-state index in [1.54, 1.807) is 4.90 Å². The molecule has 6 nitrogen and oxygen atoms in total. The lowest BCUT2D eigenvalue weighted by Gasteiger charge is -2.21. The molecule has 24 heavy (non-hydrogen) atoms. The van der Waals surface area contributed by atoms with Gasteiger partial charge in [-0.25, -0.2) is 13.6 Å². The van der Waals surface area contributed by atoms with Crippen LogP contribution in [0.3, 0.4) is 0 Å². The predicted molar refractivity (Wildman–Crippen MR) is 96.9 cm³/mol. The number of carbonyl (C=O) groups is 1. The van der Waals surface area contributed by atoms with E-state index < -0.39 is 10.0 Å². The van der Waals surface area contributed by atoms with E-state index in [4.69, 9.17) is 5.14 Å². The normalized spacial score (nSPS) is 11.3. The average molecular weight is 367 g/mol. The smallest absolute Gasteiger partial charge is 0.255 e. The van der Waals surface area contributed by atoms with Crippen molar-refractivity contribution in [3.8, 4) is 0 Å². The van der Waals surface area contributed by atoms with E-state index in [-0.39, 0.29) is 10.1 Å². The Morgan fingerprint density at radius 3 is 2.29 bits per heavy atom. The number of hydrogen-bond donors (Lipinski definition) is 1. The first-order valence-electron chi connectivity index (χ1n) is 7.39. The molecule has 0 aliphatic carbocycles.